The Morgan fingerprint density at radius 3 is 2.56 bits per heavy atom. The molecule has 1 aliphatic rings. The molecule has 4 heterocycles. The van der Waals surface area contributed by atoms with Crippen LogP contribution in [0.2, 0.25) is 10.0 Å². The highest BCUT2D eigenvalue weighted by Gasteiger charge is 2.26. The summed E-state index contributed by atoms with van der Waals surface area (Å²) in [4.78, 5) is 17.9. The normalized spacial score (nSPS) is 14.4. The summed E-state index contributed by atoms with van der Waals surface area (Å²) in [7, 11) is 0. The minimum atomic E-state index is 0.378. The number of ether oxygens (including phenoxy) is 1. The quantitative estimate of drug-likeness (QED) is 0.411. The van der Waals surface area contributed by atoms with Gasteiger partial charge in [-0.05, 0) is 18.2 Å². The zero-order chi connectivity index (χ0) is 22.1. The van der Waals surface area contributed by atoms with Crippen LogP contribution >= 0.6 is 34.5 Å². The Balaban J connectivity index is 1.66. The lowest BCUT2D eigenvalue weighted by Gasteiger charge is -2.37. The molecule has 1 saturated heterocycles. The van der Waals surface area contributed by atoms with E-state index < -0.39 is 0 Å². The number of hydrogen-bond acceptors (Lipinski definition) is 9. The average Bonchev–Trinajstić information content (AvgIpc) is 3.24. The second kappa shape index (κ2) is 8.94. The molecule has 0 bridgehead atoms. The number of nitriles is 1. The maximum absolute atomic E-state index is 9.17. The summed E-state index contributed by atoms with van der Waals surface area (Å²) in [6, 6.07) is 8.94. The van der Waals surface area contributed by atoms with Crippen molar-refractivity contribution in [2.45, 2.75) is 0 Å². The van der Waals surface area contributed by atoms with E-state index in [0.29, 0.717) is 64.1 Å². The van der Waals surface area contributed by atoms with E-state index in [0.717, 1.165) is 10.2 Å². The highest BCUT2D eigenvalue weighted by Crippen LogP contribution is 2.42. The van der Waals surface area contributed by atoms with Crippen molar-refractivity contribution in [3.05, 3.63) is 58.6 Å². The van der Waals surface area contributed by atoms with Gasteiger partial charge in [-0.3, -0.25) is 0 Å². The van der Waals surface area contributed by atoms with E-state index in [-0.39, 0.29) is 0 Å². The molecule has 0 atom stereocenters. The molecule has 1 aliphatic heterocycles. The molecule has 0 N–H and O–H groups in total. The van der Waals surface area contributed by atoms with Crippen LogP contribution in [-0.2, 0) is 4.74 Å². The van der Waals surface area contributed by atoms with Crippen LogP contribution < -0.4 is 5.01 Å². The standard InChI is InChI=1S/C21H15Cl2N7OS/c22-14-9-13(11-24)10-15(23)18(14)21-28-16-1-4-26-20(19(16)32-21)30(17-2-3-25-12-27-17)29-5-7-31-8-6-29/h1-4,9-10,12H,5-8H2. The van der Waals surface area contributed by atoms with Gasteiger partial charge in [-0.25, -0.2) is 30.0 Å². The molecule has 0 spiro atoms. The summed E-state index contributed by atoms with van der Waals surface area (Å²) in [6.07, 6.45) is 4.93. The largest absolute Gasteiger partial charge is 0.379 e. The lowest BCUT2D eigenvalue weighted by molar-refractivity contribution is 0.0373. The van der Waals surface area contributed by atoms with Crippen molar-refractivity contribution in [3.8, 4) is 16.6 Å². The van der Waals surface area contributed by atoms with Crippen molar-refractivity contribution in [3.63, 3.8) is 0 Å². The molecule has 1 fully saturated rings. The van der Waals surface area contributed by atoms with Crippen molar-refractivity contribution in [1.29, 1.82) is 5.26 Å². The average molecular weight is 484 g/mol. The Labute approximate surface area is 197 Å². The fourth-order valence-electron chi connectivity index (χ4n) is 3.49. The van der Waals surface area contributed by atoms with E-state index in [9.17, 15) is 5.26 Å². The Morgan fingerprint density at radius 2 is 1.88 bits per heavy atom. The van der Waals surface area contributed by atoms with E-state index in [1.165, 1.54) is 17.7 Å². The minimum Gasteiger partial charge on any atom is -0.379 e. The van der Waals surface area contributed by atoms with E-state index >= 15 is 0 Å². The number of pyridine rings is 1. The zero-order valence-electron chi connectivity index (χ0n) is 16.6. The minimum absolute atomic E-state index is 0.378. The third-order valence-corrected chi connectivity index (χ3v) is 6.61. The fraction of sp³-hybridized carbons (Fsp3) is 0.190. The van der Waals surface area contributed by atoms with Crippen LogP contribution in [0.3, 0.4) is 0 Å². The first-order valence-corrected chi connectivity index (χ1v) is 11.3. The molecule has 3 aromatic heterocycles. The number of hydrogen-bond donors (Lipinski definition) is 0. The van der Waals surface area contributed by atoms with Crippen molar-refractivity contribution in [2.24, 2.45) is 0 Å². The first-order chi connectivity index (χ1) is 15.7. The van der Waals surface area contributed by atoms with Gasteiger partial charge in [0.05, 0.1) is 45.1 Å². The smallest absolute Gasteiger partial charge is 0.168 e. The lowest BCUT2D eigenvalue weighted by atomic mass is 10.1. The van der Waals surface area contributed by atoms with Gasteiger partial charge in [0.2, 0.25) is 0 Å². The van der Waals surface area contributed by atoms with Crippen LogP contribution in [0.1, 0.15) is 5.56 Å². The topological polar surface area (TPSA) is 91.1 Å². The van der Waals surface area contributed by atoms with Crippen LogP contribution in [0.4, 0.5) is 11.6 Å². The predicted molar refractivity (Wildman–Crippen MR) is 124 cm³/mol. The van der Waals surface area contributed by atoms with Gasteiger partial charge in [0.1, 0.15) is 11.3 Å². The molecular weight excluding hydrogens is 469 g/mol. The number of benzene rings is 1. The first-order valence-electron chi connectivity index (χ1n) is 9.69. The highest BCUT2D eigenvalue weighted by atomic mass is 35.5. The molecule has 0 unspecified atom stereocenters. The van der Waals surface area contributed by atoms with Gasteiger partial charge in [-0.2, -0.15) is 5.26 Å². The summed E-state index contributed by atoms with van der Waals surface area (Å²) in [5.41, 5.74) is 1.76. The number of fused-ring (bicyclic) bond motifs is 1. The highest BCUT2D eigenvalue weighted by molar-refractivity contribution is 7.22. The molecule has 32 heavy (non-hydrogen) atoms. The molecular formula is C21H15Cl2N7OS. The maximum atomic E-state index is 9.17. The zero-order valence-corrected chi connectivity index (χ0v) is 18.9. The molecule has 0 amide bonds. The van der Waals surface area contributed by atoms with E-state index in [4.69, 9.17) is 32.9 Å². The summed E-state index contributed by atoms with van der Waals surface area (Å²) in [5, 5.41) is 14.7. The van der Waals surface area contributed by atoms with Gasteiger partial charge in [0.15, 0.2) is 11.6 Å². The monoisotopic (exact) mass is 483 g/mol. The van der Waals surface area contributed by atoms with E-state index in [1.54, 1.807) is 24.5 Å². The first kappa shape index (κ1) is 21.0. The second-order valence-corrected chi connectivity index (χ2v) is 8.69. The molecule has 160 valence electrons. The van der Waals surface area contributed by atoms with Gasteiger partial charge in [-0.1, -0.05) is 23.2 Å². The van der Waals surface area contributed by atoms with Crippen molar-refractivity contribution >= 4 is 56.4 Å². The number of rotatable bonds is 4. The molecule has 0 radical (unpaired) electrons. The Bertz CT molecular complexity index is 1300. The number of anilines is 2. The number of nitrogens with zero attached hydrogens (tertiary/aromatic N) is 7. The number of morpholine rings is 1. The summed E-state index contributed by atoms with van der Waals surface area (Å²) in [5.74, 6) is 1.40. The molecule has 5 rings (SSSR count). The SMILES string of the molecule is N#Cc1cc(Cl)c(-c2nc3ccnc(N(c4ccncn4)N4CCOCC4)c3s2)c(Cl)c1. The van der Waals surface area contributed by atoms with Crippen LogP contribution in [0.25, 0.3) is 20.8 Å². The number of thiazole rings is 1. The van der Waals surface area contributed by atoms with Crippen LogP contribution in [0.5, 0.6) is 0 Å². The Morgan fingerprint density at radius 1 is 1.09 bits per heavy atom. The van der Waals surface area contributed by atoms with Crippen molar-refractivity contribution < 1.29 is 4.74 Å². The van der Waals surface area contributed by atoms with E-state index in [2.05, 4.69) is 26.0 Å². The van der Waals surface area contributed by atoms with Gasteiger partial charge in [-0.15, -0.1) is 11.3 Å². The molecule has 0 saturated carbocycles. The number of aromatic nitrogens is 4. The molecule has 11 heteroatoms. The maximum Gasteiger partial charge on any atom is 0.168 e. The molecule has 4 aromatic rings. The third kappa shape index (κ3) is 3.88. The summed E-state index contributed by atoms with van der Waals surface area (Å²) >= 11 is 14.4. The Hall–Kier alpha value is -2.87. The third-order valence-electron chi connectivity index (χ3n) is 4.93. The summed E-state index contributed by atoms with van der Waals surface area (Å²) in [6.45, 7) is 2.62. The number of hydrazine groups is 1. The molecule has 1 aromatic carbocycles. The lowest BCUT2D eigenvalue weighted by Crippen LogP contribution is -2.47. The Kier molecular flexibility index (Phi) is 5.87. The van der Waals surface area contributed by atoms with Gasteiger partial charge in [0, 0.05) is 37.1 Å². The molecule has 0 aliphatic carbocycles. The van der Waals surface area contributed by atoms with Crippen molar-refractivity contribution in [2.75, 3.05) is 31.3 Å². The fourth-order valence-corrected chi connectivity index (χ4v) is 5.38. The van der Waals surface area contributed by atoms with Gasteiger partial charge in [0.25, 0.3) is 0 Å². The van der Waals surface area contributed by atoms with Crippen molar-refractivity contribution in [1.82, 2.24) is 24.9 Å². The summed E-state index contributed by atoms with van der Waals surface area (Å²) < 4.78 is 6.40. The van der Waals surface area contributed by atoms with Crippen LogP contribution in [0.15, 0.2) is 43.0 Å². The van der Waals surface area contributed by atoms with Crippen LogP contribution in [0, 0.1) is 11.3 Å². The predicted octanol–water partition coefficient (Wildman–Crippen LogP) is 4.71. The van der Waals surface area contributed by atoms with E-state index in [1.807, 2.05) is 17.1 Å². The van der Waals surface area contributed by atoms with Gasteiger partial charge < -0.3 is 4.74 Å². The number of halogens is 2. The second-order valence-electron chi connectivity index (χ2n) is 6.87. The van der Waals surface area contributed by atoms with Crippen LogP contribution in [-0.4, -0.2) is 51.2 Å². The molecule has 8 nitrogen and oxygen atoms in total. The van der Waals surface area contributed by atoms with Gasteiger partial charge >= 0.3 is 0 Å².